The third-order valence-corrected chi connectivity index (χ3v) is 5.49. The molecule has 3 aromatic carbocycles. The van der Waals surface area contributed by atoms with Gasteiger partial charge in [0.2, 0.25) is 12.7 Å². The summed E-state index contributed by atoms with van der Waals surface area (Å²) in [5, 5.41) is 4.69. The van der Waals surface area contributed by atoms with Crippen LogP contribution in [-0.4, -0.2) is 18.9 Å². The monoisotopic (exact) mass is 500 g/mol. The van der Waals surface area contributed by atoms with Crippen LogP contribution in [0.2, 0.25) is 5.02 Å². The molecule has 1 amide bonds. The van der Waals surface area contributed by atoms with Gasteiger partial charge in [-0.15, -0.1) is 0 Å². The Kier molecular flexibility index (Phi) is 6.74. The van der Waals surface area contributed by atoms with Crippen LogP contribution in [0.4, 0.5) is 0 Å². The van der Waals surface area contributed by atoms with Gasteiger partial charge in [0.1, 0.15) is 12.4 Å². The summed E-state index contributed by atoms with van der Waals surface area (Å²) in [6.45, 7) is 0.566. The maximum Gasteiger partial charge on any atom is 0.244 e. The third-order valence-electron chi connectivity index (χ3n) is 4.50. The van der Waals surface area contributed by atoms with Gasteiger partial charge < -0.3 is 14.2 Å². The van der Waals surface area contributed by atoms with Crippen molar-refractivity contribution in [1.82, 2.24) is 5.43 Å². The molecule has 0 unspecified atom stereocenters. The van der Waals surface area contributed by atoms with E-state index in [1.54, 1.807) is 18.3 Å². The van der Waals surface area contributed by atoms with Crippen LogP contribution in [0.1, 0.15) is 16.7 Å². The van der Waals surface area contributed by atoms with E-state index in [9.17, 15) is 4.79 Å². The molecule has 0 atom stereocenters. The Morgan fingerprint density at radius 2 is 1.97 bits per heavy atom. The summed E-state index contributed by atoms with van der Waals surface area (Å²) in [7, 11) is 0. The maximum atomic E-state index is 12.1. The second kappa shape index (κ2) is 9.85. The minimum atomic E-state index is -0.228. The van der Waals surface area contributed by atoms with Gasteiger partial charge in [-0.2, -0.15) is 5.10 Å². The second-order valence-electron chi connectivity index (χ2n) is 6.73. The average molecular weight is 502 g/mol. The lowest BCUT2D eigenvalue weighted by Gasteiger charge is -2.10. The van der Waals surface area contributed by atoms with Gasteiger partial charge in [0.15, 0.2) is 11.5 Å². The van der Waals surface area contributed by atoms with Crippen molar-refractivity contribution in [2.24, 2.45) is 5.10 Å². The van der Waals surface area contributed by atoms with Crippen molar-refractivity contribution in [2.75, 3.05) is 6.79 Å². The van der Waals surface area contributed by atoms with Crippen LogP contribution in [0, 0.1) is 0 Å². The predicted molar refractivity (Wildman–Crippen MR) is 122 cm³/mol. The van der Waals surface area contributed by atoms with Gasteiger partial charge in [0.25, 0.3) is 0 Å². The number of carbonyl (C=O) groups excluding carboxylic acids is 1. The van der Waals surface area contributed by atoms with Crippen molar-refractivity contribution < 1.29 is 19.0 Å². The number of halogens is 2. The van der Waals surface area contributed by atoms with Gasteiger partial charge in [-0.3, -0.25) is 4.79 Å². The number of hydrogen-bond acceptors (Lipinski definition) is 5. The fraction of sp³-hybridized carbons (Fsp3) is 0.130. The van der Waals surface area contributed by atoms with E-state index in [-0.39, 0.29) is 19.1 Å². The fourth-order valence-corrected chi connectivity index (χ4v) is 3.64. The number of carbonyl (C=O) groups is 1. The molecule has 31 heavy (non-hydrogen) atoms. The molecule has 0 aliphatic carbocycles. The first-order chi connectivity index (χ1) is 15.1. The standard InChI is InChI=1S/C23H18BrClN2O4/c24-18-9-16(6-7-20(18)29-13-17-3-1-2-4-19(17)25)12-26-27-23(28)11-15-5-8-21-22(10-15)31-14-30-21/h1-10,12H,11,13-14H2,(H,27,28)/b26-12+. The highest BCUT2D eigenvalue weighted by Gasteiger charge is 2.14. The van der Waals surface area contributed by atoms with Crippen LogP contribution in [0.25, 0.3) is 0 Å². The first-order valence-corrected chi connectivity index (χ1v) is 10.6. The van der Waals surface area contributed by atoms with E-state index in [2.05, 4.69) is 26.5 Å². The Morgan fingerprint density at radius 3 is 2.81 bits per heavy atom. The van der Waals surface area contributed by atoms with E-state index in [4.69, 9.17) is 25.8 Å². The minimum Gasteiger partial charge on any atom is -0.488 e. The van der Waals surface area contributed by atoms with Crippen molar-refractivity contribution in [1.29, 1.82) is 0 Å². The van der Waals surface area contributed by atoms with E-state index in [1.165, 1.54) is 0 Å². The molecule has 0 radical (unpaired) electrons. The Hall–Kier alpha value is -3.03. The number of nitrogens with one attached hydrogen (secondary N) is 1. The van der Waals surface area contributed by atoms with Gasteiger partial charge in [0.05, 0.1) is 17.1 Å². The molecule has 1 aliphatic rings. The molecule has 1 aliphatic heterocycles. The SMILES string of the molecule is O=C(Cc1ccc2c(c1)OCO2)N/N=C/c1ccc(OCc2ccccc2Cl)c(Br)c1. The van der Waals surface area contributed by atoms with E-state index < -0.39 is 0 Å². The lowest BCUT2D eigenvalue weighted by molar-refractivity contribution is -0.120. The number of ether oxygens (including phenoxy) is 3. The zero-order chi connectivity index (χ0) is 21.6. The Balaban J connectivity index is 1.30. The van der Waals surface area contributed by atoms with Crippen molar-refractivity contribution in [2.45, 2.75) is 13.0 Å². The Morgan fingerprint density at radius 1 is 1.13 bits per heavy atom. The van der Waals surface area contributed by atoms with Gasteiger partial charge in [0, 0.05) is 10.6 Å². The number of amides is 1. The van der Waals surface area contributed by atoms with Crippen LogP contribution in [-0.2, 0) is 17.8 Å². The molecule has 0 saturated heterocycles. The number of nitrogens with zero attached hydrogens (tertiary/aromatic N) is 1. The third kappa shape index (κ3) is 5.57. The number of hydrazone groups is 1. The lowest BCUT2D eigenvalue weighted by atomic mass is 10.1. The zero-order valence-electron chi connectivity index (χ0n) is 16.3. The van der Waals surface area contributed by atoms with Crippen molar-refractivity contribution in [3.8, 4) is 17.2 Å². The number of fused-ring (bicyclic) bond motifs is 1. The summed E-state index contributed by atoms with van der Waals surface area (Å²) >= 11 is 9.66. The molecule has 0 aromatic heterocycles. The summed E-state index contributed by atoms with van der Waals surface area (Å²) in [6, 6.07) is 18.5. The van der Waals surface area contributed by atoms with Crippen molar-refractivity contribution in [3.63, 3.8) is 0 Å². The molecule has 158 valence electrons. The average Bonchev–Trinajstić information content (AvgIpc) is 3.22. The highest BCUT2D eigenvalue weighted by molar-refractivity contribution is 9.10. The van der Waals surface area contributed by atoms with Gasteiger partial charge in [-0.05, 0) is 63.5 Å². The molecule has 3 aromatic rings. The van der Waals surface area contributed by atoms with Gasteiger partial charge in [-0.25, -0.2) is 5.43 Å². The molecule has 8 heteroatoms. The first kappa shape index (κ1) is 21.2. The summed E-state index contributed by atoms with van der Waals surface area (Å²) in [4.78, 5) is 12.1. The molecular weight excluding hydrogens is 484 g/mol. The van der Waals surface area contributed by atoms with Crippen LogP contribution in [0.15, 0.2) is 70.2 Å². The summed E-state index contributed by atoms with van der Waals surface area (Å²) in [6.07, 6.45) is 1.76. The van der Waals surface area contributed by atoms with E-state index in [1.807, 2.05) is 48.5 Å². The molecule has 1 heterocycles. The van der Waals surface area contributed by atoms with Crippen LogP contribution < -0.4 is 19.6 Å². The molecule has 0 saturated carbocycles. The molecule has 1 N–H and O–H groups in total. The molecule has 6 nitrogen and oxygen atoms in total. The fourth-order valence-electron chi connectivity index (χ4n) is 2.94. The molecule has 0 bridgehead atoms. The van der Waals surface area contributed by atoms with Crippen molar-refractivity contribution in [3.05, 3.63) is 86.8 Å². The highest BCUT2D eigenvalue weighted by atomic mass is 79.9. The topological polar surface area (TPSA) is 69.2 Å². The molecule has 0 fully saturated rings. The minimum absolute atomic E-state index is 0.187. The van der Waals surface area contributed by atoms with E-state index in [0.29, 0.717) is 28.9 Å². The van der Waals surface area contributed by atoms with E-state index in [0.717, 1.165) is 21.2 Å². The molecule has 0 spiro atoms. The van der Waals surface area contributed by atoms with Crippen LogP contribution in [0.3, 0.4) is 0 Å². The summed E-state index contributed by atoms with van der Waals surface area (Å²) < 4.78 is 17.2. The summed E-state index contributed by atoms with van der Waals surface area (Å²) in [5.74, 6) is 1.79. The second-order valence-corrected chi connectivity index (χ2v) is 7.99. The van der Waals surface area contributed by atoms with Crippen LogP contribution in [0.5, 0.6) is 17.2 Å². The largest absolute Gasteiger partial charge is 0.488 e. The summed E-state index contributed by atoms with van der Waals surface area (Å²) in [5.41, 5.74) is 5.07. The quantitative estimate of drug-likeness (QED) is 0.361. The maximum absolute atomic E-state index is 12.1. The zero-order valence-corrected chi connectivity index (χ0v) is 18.7. The predicted octanol–water partition coefficient (Wildman–Crippen LogP) is 5.10. The van der Waals surface area contributed by atoms with E-state index >= 15 is 0 Å². The Labute approximate surface area is 192 Å². The smallest absolute Gasteiger partial charge is 0.244 e. The Bertz CT molecular complexity index is 1140. The molecular formula is C23H18BrClN2O4. The lowest BCUT2D eigenvalue weighted by Crippen LogP contribution is -2.19. The van der Waals surface area contributed by atoms with Crippen molar-refractivity contribution >= 4 is 39.7 Å². The highest BCUT2D eigenvalue weighted by Crippen LogP contribution is 2.32. The van der Waals surface area contributed by atoms with Gasteiger partial charge >= 0.3 is 0 Å². The first-order valence-electron chi connectivity index (χ1n) is 9.45. The number of benzene rings is 3. The van der Waals surface area contributed by atoms with Gasteiger partial charge in [-0.1, -0.05) is 35.9 Å². The normalized spacial score (nSPS) is 12.2. The number of rotatable bonds is 7. The number of hydrogen-bond donors (Lipinski definition) is 1. The molecule has 4 rings (SSSR count). The van der Waals surface area contributed by atoms with Crippen LogP contribution >= 0.6 is 27.5 Å².